The van der Waals surface area contributed by atoms with E-state index in [1.807, 2.05) is 5.43 Å². The fourth-order valence-electron chi connectivity index (χ4n) is 1.98. The largest absolute Gasteiger partial charge is 0.381 e. The molecule has 0 bridgehead atoms. The van der Waals surface area contributed by atoms with Gasteiger partial charge in [0.05, 0.1) is 0 Å². The number of aryl methyl sites for hydroxylation is 1. The van der Waals surface area contributed by atoms with Gasteiger partial charge >= 0.3 is 0 Å². The minimum Gasteiger partial charge on any atom is -0.381 e. The van der Waals surface area contributed by atoms with Crippen molar-refractivity contribution in [2.45, 2.75) is 24.2 Å². The summed E-state index contributed by atoms with van der Waals surface area (Å²) in [6.45, 7) is 1.60. The molecule has 1 aromatic heterocycles. The number of ether oxygens (including phenoxy) is 1. The molecule has 1 amide bonds. The zero-order valence-corrected chi connectivity index (χ0v) is 13.4. The molecule has 0 spiro atoms. The summed E-state index contributed by atoms with van der Waals surface area (Å²) in [6, 6.07) is 1.29. The average molecular weight is 330 g/mol. The zero-order chi connectivity index (χ0) is 16.2. The first-order chi connectivity index (χ1) is 10.4. The number of sulfonamides is 1. The lowest BCUT2D eigenvalue weighted by Gasteiger charge is -2.05. The highest BCUT2D eigenvalue weighted by Gasteiger charge is 2.21. The molecule has 9 heteroatoms. The van der Waals surface area contributed by atoms with Gasteiger partial charge in [-0.3, -0.25) is 10.2 Å². The summed E-state index contributed by atoms with van der Waals surface area (Å²) in [4.78, 5) is 11.5. The molecule has 1 aromatic rings. The summed E-state index contributed by atoms with van der Waals surface area (Å²) < 4.78 is 33.6. The van der Waals surface area contributed by atoms with E-state index in [-0.39, 0.29) is 10.6 Å². The van der Waals surface area contributed by atoms with Crippen molar-refractivity contribution < 1.29 is 17.9 Å². The van der Waals surface area contributed by atoms with E-state index in [1.165, 1.54) is 29.7 Å². The van der Waals surface area contributed by atoms with Gasteiger partial charge in [0.2, 0.25) is 10.0 Å². The number of aromatic nitrogens is 1. The van der Waals surface area contributed by atoms with Gasteiger partial charge in [-0.25, -0.2) is 19.0 Å². The van der Waals surface area contributed by atoms with E-state index >= 15 is 0 Å². The predicted molar refractivity (Wildman–Crippen MR) is 80.4 cm³/mol. The molecule has 0 unspecified atom stereocenters. The van der Waals surface area contributed by atoms with Crippen LogP contribution in [0, 0.1) is 5.92 Å². The first-order valence-corrected chi connectivity index (χ1v) is 8.67. The van der Waals surface area contributed by atoms with Crippen molar-refractivity contribution in [3.8, 4) is 0 Å². The van der Waals surface area contributed by atoms with Crippen LogP contribution in [0.4, 0.5) is 0 Å². The van der Waals surface area contributed by atoms with Crippen LogP contribution in [0.3, 0.4) is 0 Å². The Morgan fingerprint density at radius 1 is 1.50 bits per heavy atom. The van der Waals surface area contributed by atoms with Gasteiger partial charge in [-0.1, -0.05) is 0 Å². The molecule has 124 valence electrons. The predicted octanol–water partition coefficient (Wildman–Crippen LogP) is -0.276. The molecule has 8 nitrogen and oxygen atoms in total. The summed E-state index contributed by atoms with van der Waals surface area (Å²) in [5, 5.41) is 0. The molecule has 0 atom stereocenters. The lowest BCUT2D eigenvalue weighted by molar-refractivity contribution is 0.0945. The molecule has 22 heavy (non-hydrogen) atoms. The number of nitrogens with two attached hydrogens (primary N) is 1. The molecular weight excluding hydrogens is 308 g/mol. The molecule has 1 saturated carbocycles. The number of carbonyl (C=O) groups excluding carboxylic acids is 1. The quantitative estimate of drug-likeness (QED) is 0.249. The van der Waals surface area contributed by atoms with Gasteiger partial charge in [0.25, 0.3) is 5.91 Å². The van der Waals surface area contributed by atoms with E-state index in [0.29, 0.717) is 25.5 Å². The van der Waals surface area contributed by atoms with Crippen LogP contribution >= 0.6 is 0 Å². The number of hydrogen-bond acceptors (Lipinski definition) is 5. The molecule has 1 aliphatic carbocycles. The fourth-order valence-corrected chi connectivity index (χ4v) is 3.12. The average Bonchev–Trinajstić information content (AvgIpc) is 3.22. The SMILES string of the molecule is Cn1cc(S(=O)(=O)NCCCOCC2CC2)cc1C(=O)NN. The number of nitrogens with zero attached hydrogens (tertiary/aromatic N) is 1. The molecule has 0 saturated heterocycles. The molecular formula is C13H22N4O4S. The highest BCUT2D eigenvalue weighted by Crippen LogP contribution is 2.28. The first-order valence-electron chi connectivity index (χ1n) is 7.19. The van der Waals surface area contributed by atoms with Crippen molar-refractivity contribution >= 4 is 15.9 Å². The zero-order valence-electron chi connectivity index (χ0n) is 12.5. The Morgan fingerprint density at radius 3 is 2.86 bits per heavy atom. The molecule has 0 aliphatic heterocycles. The van der Waals surface area contributed by atoms with Crippen molar-refractivity contribution in [3.63, 3.8) is 0 Å². The Morgan fingerprint density at radius 2 is 2.23 bits per heavy atom. The van der Waals surface area contributed by atoms with Gasteiger partial charge in [-0.15, -0.1) is 0 Å². The summed E-state index contributed by atoms with van der Waals surface area (Å²) in [7, 11) is -2.06. The number of hydrogen-bond donors (Lipinski definition) is 3. The third-order valence-electron chi connectivity index (χ3n) is 3.46. The minimum absolute atomic E-state index is 0.0347. The van der Waals surface area contributed by atoms with E-state index in [9.17, 15) is 13.2 Å². The number of hydrazine groups is 1. The Hall–Kier alpha value is -1.42. The minimum atomic E-state index is -3.64. The van der Waals surface area contributed by atoms with Crippen LogP contribution in [0.2, 0.25) is 0 Å². The second-order valence-electron chi connectivity index (χ2n) is 5.42. The van der Waals surface area contributed by atoms with Gasteiger partial charge in [0, 0.05) is 33.0 Å². The molecule has 2 rings (SSSR count). The molecule has 0 radical (unpaired) electrons. The maximum absolute atomic E-state index is 12.1. The van der Waals surface area contributed by atoms with Crippen LogP contribution in [0.25, 0.3) is 0 Å². The topological polar surface area (TPSA) is 115 Å². The van der Waals surface area contributed by atoms with Crippen LogP contribution in [0.15, 0.2) is 17.2 Å². The van der Waals surface area contributed by atoms with E-state index in [2.05, 4.69) is 4.72 Å². The van der Waals surface area contributed by atoms with Gasteiger partial charge in [-0.2, -0.15) is 0 Å². The molecule has 4 N–H and O–H groups in total. The Kier molecular flexibility index (Phi) is 5.57. The number of amides is 1. The van der Waals surface area contributed by atoms with Crippen LogP contribution in [0.5, 0.6) is 0 Å². The van der Waals surface area contributed by atoms with Crippen molar-refractivity contribution in [1.82, 2.24) is 14.7 Å². The normalized spacial score (nSPS) is 15.0. The standard InChI is InChI=1S/C13H22N4O4S/c1-17-8-11(7-12(17)13(18)16-14)22(19,20)15-5-2-6-21-9-10-3-4-10/h7-8,10,15H,2-6,9,14H2,1H3,(H,16,18). The number of nitrogens with one attached hydrogen (secondary N) is 2. The highest BCUT2D eigenvalue weighted by atomic mass is 32.2. The van der Waals surface area contributed by atoms with Gasteiger partial charge in [-0.05, 0) is 31.2 Å². The van der Waals surface area contributed by atoms with Crippen molar-refractivity contribution in [3.05, 3.63) is 18.0 Å². The second-order valence-corrected chi connectivity index (χ2v) is 7.18. The van der Waals surface area contributed by atoms with Gasteiger partial charge in [0.15, 0.2) is 0 Å². The third-order valence-corrected chi connectivity index (χ3v) is 4.89. The van der Waals surface area contributed by atoms with E-state index < -0.39 is 15.9 Å². The number of rotatable bonds is 9. The van der Waals surface area contributed by atoms with Gasteiger partial charge in [0.1, 0.15) is 10.6 Å². The van der Waals surface area contributed by atoms with E-state index in [0.717, 1.165) is 6.61 Å². The van der Waals surface area contributed by atoms with Gasteiger partial charge < -0.3 is 9.30 Å². The molecule has 1 heterocycles. The Bertz CT molecular complexity index is 622. The van der Waals surface area contributed by atoms with Crippen LogP contribution in [0.1, 0.15) is 29.8 Å². The smallest absolute Gasteiger partial charge is 0.281 e. The molecule has 1 aliphatic rings. The maximum atomic E-state index is 12.1. The summed E-state index contributed by atoms with van der Waals surface area (Å²) in [5.74, 6) is 5.21. The Labute approximate surface area is 130 Å². The van der Waals surface area contributed by atoms with Crippen molar-refractivity contribution in [2.75, 3.05) is 19.8 Å². The lowest BCUT2D eigenvalue weighted by Crippen LogP contribution is -2.31. The van der Waals surface area contributed by atoms with E-state index in [1.54, 1.807) is 7.05 Å². The third kappa shape index (κ3) is 4.54. The molecule has 1 fully saturated rings. The monoisotopic (exact) mass is 330 g/mol. The van der Waals surface area contributed by atoms with Crippen LogP contribution in [-0.2, 0) is 21.8 Å². The maximum Gasteiger partial charge on any atom is 0.281 e. The lowest BCUT2D eigenvalue weighted by atomic mass is 10.4. The van der Waals surface area contributed by atoms with Crippen LogP contribution in [-0.4, -0.2) is 38.7 Å². The van der Waals surface area contributed by atoms with Crippen molar-refractivity contribution in [2.24, 2.45) is 18.8 Å². The summed E-state index contributed by atoms with van der Waals surface area (Å²) in [5.41, 5.74) is 2.15. The van der Waals surface area contributed by atoms with E-state index in [4.69, 9.17) is 10.6 Å². The highest BCUT2D eigenvalue weighted by molar-refractivity contribution is 7.89. The van der Waals surface area contributed by atoms with Crippen LogP contribution < -0.4 is 16.0 Å². The number of nitrogen functional groups attached to an aromatic ring is 1. The Balaban J connectivity index is 1.82. The molecule has 0 aromatic carbocycles. The van der Waals surface area contributed by atoms with Crippen molar-refractivity contribution in [1.29, 1.82) is 0 Å². The first kappa shape index (κ1) is 16.9. The second kappa shape index (κ2) is 7.23. The summed E-state index contributed by atoms with van der Waals surface area (Å²) in [6.07, 6.45) is 4.45. The number of carbonyl (C=O) groups is 1. The fraction of sp³-hybridized carbons (Fsp3) is 0.615. The summed E-state index contributed by atoms with van der Waals surface area (Å²) >= 11 is 0.